The molecule has 1 aliphatic rings. The molecule has 1 atom stereocenters. The van der Waals surface area contributed by atoms with Crippen LogP contribution in [-0.4, -0.2) is 23.5 Å². The summed E-state index contributed by atoms with van der Waals surface area (Å²) in [4.78, 5) is 3.74. The summed E-state index contributed by atoms with van der Waals surface area (Å²) in [5.41, 5.74) is -0.913. The van der Waals surface area contributed by atoms with E-state index >= 15 is 0 Å². The minimum Gasteiger partial charge on any atom is -0.496 e. The van der Waals surface area contributed by atoms with Crippen molar-refractivity contribution in [2.24, 2.45) is 4.99 Å². The van der Waals surface area contributed by atoms with Gasteiger partial charge in [-0.2, -0.15) is 0 Å². The molecule has 0 aromatic heterocycles. The summed E-state index contributed by atoms with van der Waals surface area (Å²) in [5.74, 6) is 0. The van der Waals surface area contributed by atoms with E-state index in [4.69, 9.17) is 4.74 Å². The van der Waals surface area contributed by atoms with Crippen LogP contribution >= 0.6 is 0 Å². The Labute approximate surface area is 53.7 Å². The molecule has 0 saturated heterocycles. The van der Waals surface area contributed by atoms with Crippen LogP contribution in [0.2, 0.25) is 0 Å². The smallest absolute Gasteiger partial charge is 0.131 e. The number of rotatable bonds is 0. The maximum atomic E-state index is 9.24. The lowest BCUT2D eigenvalue weighted by Crippen LogP contribution is -2.30. The Morgan fingerprint density at radius 2 is 2.56 bits per heavy atom. The summed E-state index contributed by atoms with van der Waals surface area (Å²) in [6, 6.07) is 0. The molecule has 9 heavy (non-hydrogen) atoms. The summed E-state index contributed by atoms with van der Waals surface area (Å²) in [6.45, 7) is 1.91. The molecule has 50 valence electrons. The van der Waals surface area contributed by atoms with Crippen LogP contribution in [0.3, 0.4) is 0 Å². The fraction of sp³-hybridized carbons (Fsp3) is 0.500. The molecular weight excluding hydrogens is 118 g/mol. The molecule has 3 nitrogen and oxygen atoms in total. The van der Waals surface area contributed by atoms with Crippen LogP contribution in [0.1, 0.15) is 6.92 Å². The molecule has 0 aromatic carbocycles. The lowest BCUT2D eigenvalue weighted by Gasteiger charge is -2.14. The molecule has 1 rings (SSSR count). The van der Waals surface area contributed by atoms with Gasteiger partial charge in [0.2, 0.25) is 0 Å². The van der Waals surface area contributed by atoms with Crippen LogP contribution in [-0.2, 0) is 4.74 Å². The minimum absolute atomic E-state index is 0.271. The summed E-state index contributed by atoms with van der Waals surface area (Å²) in [6.07, 6.45) is 4.41. The molecule has 0 aliphatic carbocycles. The molecule has 1 heterocycles. The maximum Gasteiger partial charge on any atom is 0.131 e. The van der Waals surface area contributed by atoms with Gasteiger partial charge in [0.05, 0.1) is 6.20 Å². The third-order valence-electron chi connectivity index (χ3n) is 0.971. The van der Waals surface area contributed by atoms with E-state index in [0.29, 0.717) is 0 Å². The van der Waals surface area contributed by atoms with Gasteiger partial charge in [-0.05, 0) is 6.92 Å². The van der Waals surface area contributed by atoms with Gasteiger partial charge in [0.1, 0.15) is 18.5 Å². The predicted octanol–water partition coefficient (Wildman–Crippen LogP) is 0.310. The lowest BCUT2D eigenvalue weighted by molar-refractivity contribution is 0.0573. The van der Waals surface area contributed by atoms with E-state index in [9.17, 15) is 5.11 Å². The van der Waals surface area contributed by atoms with Crippen molar-refractivity contribution >= 4 is 6.21 Å². The molecule has 0 bridgehead atoms. The van der Waals surface area contributed by atoms with Crippen LogP contribution in [0.5, 0.6) is 0 Å². The highest BCUT2D eigenvalue weighted by Gasteiger charge is 2.17. The average molecular weight is 127 g/mol. The van der Waals surface area contributed by atoms with E-state index in [0.717, 1.165) is 0 Å². The second kappa shape index (κ2) is 2.19. The van der Waals surface area contributed by atoms with Gasteiger partial charge in [-0.3, -0.25) is 4.99 Å². The van der Waals surface area contributed by atoms with Crippen molar-refractivity contribution in [1.29, 1.82) is 0 Å². The molecule has 0 aromatic rings. The lowest BCUT2D eigenvalue weighted by atomic mass is 10.1. The first kappa shape index (κ1) is 6.29. The molecule has 0 amide bonds. The molecule has 1 aliphatic heterocycles. The summed E-state index contributed by atoms with van der Waals surface area (Å²) in [5, 5.41) is 9.24. The monoisotopic (exact) mass is 127 g/mol. The van der Waals surface area contributed by atoms with Crippen molar-refractivity contribution in [1.82, 2.24) is 0 Å². The average Bonchev–Trinajstić information content (AvgIpc) is 1.92. The molecule has 1 N–H and O–H groups in total. The van der Waals surface area contributed by atoms with Crippen molar-refractivity contribution in [3.05, 3.63) is 12.5 Å². The zero-order chi connectivity index (χ0) is 6.74. The number of aliphatic imine (C=N–C) groups is 1. The van der Waals surface area contributed by atoms with Gasteiger partial charge in [0, 0.05) is 6.21 Å². The topological polar surface area (TPSA) is 41.8 Å². The number of aliphatic hydroxyl groups is 1. The van der Waals surface area contributed by atoms with Crippen LogP contribution in [0.4, 0.5) is 0 Å². The van der Waals surface area contributed by atoms with Gasteiger partial charge in [0.25, 0.3) is 0 Å². The first-order valence-electron chi connectivity index (χ1n) is 2.74. The van der Waals surface area contributed by atoms with Gasteiger partial charge in [-0.15, -0.1) is 0 Å². The third-order valence-corrected chi connectivity index (χ3v) is 0.971. The number of ether oxygens (including phenoxy) is 1. The second-order valence-electron chi connectivity index (χ2n) is 2.23. The van der Waals surface area contributed by atoms with E-state index in [-0.39, 0.29) is 6.61 Å². The number of nitrogens with zero attached hydrogens (tertiary/aromatic N) is 1. The molecule has 0 radical (unpaired) electrons. The third kappa shape index (κ3) is 1.85. The highest BCUT2D eigenvalue weighted by atomic mass is 16.5. The zero-order valence-electron chi connectivity index (χ0n) is 5.24. The fourth-order valence-electron chi connectivity index (χ4n) is 0.536. The van der Waals surface area contributed by atoms with Crippen molar-refractivity contribution < 1.29 is 9.84 Å². The fourth-order valence-corrected chi connectivity index (χ4v) is 0.536. The Bertz CT molecular complexity index is 149. The molecular formula is C6H9NO2. The summed E-state index contributed by atoms with van der Waals surface area (Å²) >= 11 is 0. The molecule has 0 fully saturated rings. The number of hydrogen-bond acceptors (Lipinski definition) is 3. The van der Waals surface area contributed by atoms with Gasteiger partial charge in [-0.25, -0.2) is 0 Å². The Balaban J connectivity index is 2.62. The Morgan fingerprint density at radius 1 is 1.78 bits per heavy atom. The van der Waals surface area contributed by atoms with E-state index in [1.165, 1.54) is 18.7 Å². The van der Waals surface area contributed by atoms with E-state index in [1.54, 1.807) is 6.92 Å². The first-order chi connectivity index (χ1) is 4.21. The van der Waals surface area contributed by atoms with Gasteiger partial charge in [-0.1, -0.05) is 0 Å². The Kier molecular flexibility index (Phi) is 1.53. The first-order valence-corrected chi connectivity index (χ1v) is 2.74. The highest BCUT2D eigenvalue weighted by molar-refractivity contribution is 5.68. The normalized spacial score (nSPS) is 33.6. The van der Waals surface area contributed by atoms with Crippen LogP contribution in [0.25, 0.3) is 0 Å². The quantitative estimate of drug-likeness (QED) is 0.508. The van der Waals surface area contributed by atoms with Gasteiger partial charge >= 0.3 is 0 Å². The van der Waals surface area contributed by atoms with Gasteiger partial charge < -0.3 is 9.84 Å². The number of hydrogen-bond donors (Lipinski definition) is 1. The maximum absolute atomic E-state index is 9.24. The largest absolute Gasteiger partial charge is 0.496 e. The Hall–Kier alpha value is -0.830. The van der Waals surface area contributed by atoms with E-state index in [2.05, 4.69) is 4.99 Å². The van der Waals surface area contributed by atoms with E-state index < -0.39 is 5.60 Å². The highest BCUT2D eigenvalue weighted by Crippen LogP contribution is 2.03. The van der Waals surface area contributed by atoms with Crippen LogP contribution < -0.4 is 0 Å². The summed E-state index contributed by atoms with van der Waals surface area (Å²) < 4.78 is 4.85. The second-order valence-corrected chi connectivity index (χ2v) is 2.23. The SMILES string of the molecule is CC1(O)C=NC=COC1. The molecule has 1 unspecified atom stereocenters. The predicted molar refractivity (Wildman–Crippen MR) is 34.2 cm³/mol. The molecule has 0 spiro atoms. The minimum atomic E-state index is -0.913. The van der Waals surface area contributed by atoms with E-state index in [1.807, 2.05) is 0 Å². The van der Waals surface area contributed by atoms with Crippen LogP contribution in [0, 0.1) is 0 Å². The zero-order valence-corrected chi connectivity index (χ0v) is 5.24. The van der Waals surface area contributed by atoms with Crippen molar-refractivity contribution in [3.8, 4) is 0 Å². The van der Waals surface area contributed by atoms with Crippen LogP contribution in [0.15, 0.2) is 17.5 Å². The van der Waals surface area contributed by atoms with Crippen molar-refractivity contribution in [2.45, 2.75) is 12.5 Å². The standard InChI is InChI=1S/C6H9NO2/c1-6(8)4-7-2-3-9-5-6/h2-4,8H,5H2,1H3. The molecule has 3 heteroatoms. The van der Waals surface area contributed by atoms with Crippen molar-refractivity contribution in [2.75, 3.05) is 6.61 Å². The van der Waals surface area contributed by atoms with Crippen molar-refractivity contribution in [3.63, 3.8) is 0 Å². The van der Waals surface area contributed by atoms with Gasteiger partial charge in [0.15, 0.2) is 0 Å². The summed E-state index contributed by atoms with van der Waals surface area (Å²) in [7, 11) is 0. The Morgan fingerprint density at radius 3 is 3.33 bits per heavy atom. The molecule has 0 saturated carbocycles.